The van der Waals surface area contributed by atoms with Crippen LogP contribution in [0.4, 0.5) is 0 Å². The van der Waals surface area contributed by atoms with Crippen molar-refractivity contribution in [1.29, 1.82) is 0 Å². The minimum Gasteiger partial charge on any atom is -0.356 e. The molecule has 3 aromatic heterocycles. The minimum atomic E-state index is -0.160. The first kappa shape index (κ1) is 15.5. The van der Waals surface area contributed by atoms with E-state index >= 15 is 0 Å². The highest BCUT2D eigenvalue weighted by Gasteiger charge is 2.15. The van der Waals surface area contributed by atoms with Crippen LogP contribution >= 0.6 is 11.3 Å². The van der Waals surface area contributed by atoms with Crippen molar-refractivity contribution >= 4 is 28.2 Å². The fourth-order valence-corrected chi connectivity index (χ4v) is 3.12. The van der Waals surface area contributed by atoms with Gasteiger partial charge in [-0.25, -0.2) is 4.98 Å². The number of fused-ring (bicyclic) bond motifs is 1. The van der Waals surface area contributed by atoms with Gasteiger partial charge in [-0.2, -0.15) is 0 Å². The summed E-state index contributed by atoms with van der Waals surface area (Å²) in [6.45, 7) is 2.36. The standard InChI is InChI=1S/C18H14N4O2S/c1-11-21-15(10-25-11)17-14-7-13(4-5-16(14)24-22-17)18(23)20-9-12-3-2-6-19-8-12/h2-8,10H,9H2,1H3,(H,20,23). The first-order valence-electron chi connectivity index (χ1n) is 7.70. The van der Waals surface area contributed by atoms with Gasteiger partial charge in [-0.15, -0.1) is 11.3 Å². The monoisotopic (exact) mass is 350 g/mol. The summed E-state index contributed by atoms with van der Waals surface area (Å²) < 4.78 is 5.35. The van der Waals surface area contributed by atoms with E-state index in [9.17, 15) is 4.79 Å². The molecule has 1 aromatic carbocycles. The summed E-state index contributed by atoms with van der Waals surface area (Å²) in [4.78, 5) is 20.9. The van der Waals surface area contributed by atoms with Gasteiger partial charge in [-0.1, -0.05) is 11.2 Å². The molecule has 4 rings (SSSR count). The highest BCUT2D eigenvalue weighted by molar-refractivity contribution is 7.09. The van der Waals surface area contributed by atoms with Gasteiger partial charge in [0.15, 0.2) is 5.58 Å². The van der Waals surface area contributed by atoms with Gasteiger partial charge in [0.2, 0.25) is 0 Å². The van der Waals surface area contributed by atoms with Crippen LogP contribution in [0.1, 0.15) is 20.9 Å². The third-order valence-corrected chi connectivity index (χ3v) is 4.54. The Kier molecular flexibility index (Phi) is 3.99. The van der Waals surface area contributed by atoms with Crippen LogP contribution in [-0.2, 0) is 6.54 Å². The van der Waals surface area contributed by atoms with E-state index in [2.05, 4.69) is 20.4 Å². The number of amides is 1. The zero-order chi connectivity index (χ0) is 17.2. The van der Waals surface area contributed by atoms with Crippen molar-refractivity contribution in [3.05, 3.63) is 64.2 Å². The normalized spacial score (nSPS) is 10.9. The molecule has 0 aliphatic carbocycles. The summed E-state index contributed by atoms with van der Waals surface area (Å²) in [6.07, 6.45) is 3.43. The molecule has 0 saturated carbocycles. The van der Waals surface area contributed by atoms with E-state index in [1.54, 1.807) is 41.9 Å². The topological polar surface area (TPSA) is 80.9 Å². The fraction of sp³-hybridized carbons (Fsp3) is 0.111. The number of hydrogen-bond acceptors (Lipinski definition) is 6. The summed E-state index contributed by atoms with van der Waals surface area (Å²) in [5, 5.41) is 10.7. The summed E-state index contributed by atoms with van der Waals surface area (Å²) in [7, 11) is 0. The lowest BCUT2D eigenvalue weighted by Gasteiger charge is -2.05. The zero-order valence-electron chi connectivity index (χ0n) is 13.4. The number of rotatable bonds is 4. The first-order chi connectivity index (χ1) is 12.2. The number of aromatic nitrogens is 3. The van der Waals surface area contributed by atoms with Crippen LogP contribution in [0.25, 0.3) is 22.4 Å². The summed E-state index contributed by atoms with van der Waals surface area (Å²) in [6, 6.07) is 9.02. The van der Waals surface area contributed by atoms with Crippen molar-refractivity contribution in [2.45, 2.75) is 13.5 Å². The lowest BCUT2D eigenvalue weighted by molar-refractivity contribution is 0.0951. The number of carbonyl (C=O) groups excluding carboxylic acids is 1. The average molecular weight is 350 g/mol. The molecular formula is C18H14N4O2S. The van der Waals surface area contributed by atoms with Crippen molar-refractivity contribution in [1.82, 2.24) is 20.4 Å². The van der Waals surface area contributed by atoms with Crippen LogP contribution < -0.4 is 5.32 Å². The Morgan fingerprint density at radius 1 is 1.32 bits per heavy atom. The van der Waals surface area contributed by atoms with Crippen molar-refractivity contribution < 1.29 is 9.32 Å². The van der Waals surface area contributed by atoms with Crippen LogP contribution in [0, 0.1) is 6.92 Å². The van der Waals surface area contributed by atoms with Gasteiger partial charge in [0.1, 0.15) is 11.4 Å². The Morgan fingerprint density at radius 2 is 2.24 bits per heavy atom. The Bertz CT molecular complexity index is 1040. The molecule has 0 saturated heterocycles. The smallest absolute Gasteiger partial charge is 0.251 e. The molecule has 7 heteroatoms. The number of nitrogens with one attached hydrogen (secondary N) is 1. The third-order valence-electron chi connectivity index (χ3n) is 3.77. The lowest BCUT2D eigenvalue weighted by atomic mass is 10.1. The number of thiazole rings is 1. The van der Waals surface area contributed by atoms with Gasteiger partial charge in [-0.05, 0) is 36.8 Å². The molecule has 0 aliphatic heterocycles. The maximum absolute atomic E-state index is 12.4. The number of benzene rings is 1. The second-order valence-electron chi connectivity index (χ2n) is 5.54. The molecule has 0 spiro atoms. The van der Waals surface area contributed by atoms with Gasteiger partial charge >= 0.3 is 0 Å². The Hall–Kier alpha value is -3.06. The van der Waals surface area contributed by atoms with E-state index in [0.29, 0.717) is 23.4 Å². The molecule has 0 fully saturated rings. The van der Waals surface area contributed by atoms with Crippen molar-refractivity contribution in [3.63, 3.8) is 0 Å². The van der Waals surface area contributed by atoms with Crippen LogP contribution in [0.2, 0.25) is 0 Å². The van der Waals surface area contributed by atoms with Crippen molar-refractivity contribution in [3.8, 4) is 11.4 Å². The molecule has 124 valence electrons. The second-order valence-corrected chi connectivity index (χ2v) is 6.60. The van der Waals surface area contributed by atoms with E-state index in [0.717, 1.165) is 21.7 Å². The van der Waals surface area contributed by atoms with Gasteiger partial charge < -0.3 is 9.84 Å². The molecule has 4 aromatic rings. The molecule has 0 radical (unpaired) electrons. The van der Waals surface area contributed by atoms with Crippen LogP contribution in [-0.4, -0.2) is 21.0 Å². The highest BCUT2D eigenvalue weighted by atomic mass is 32.1. The molecule has 1 N–H and O–H groups in total. The van der Waals surface area contributed by atoms with Crippen LogP contribution in [0.3, 0.4) is 0 Å². The molecule has 0 bridgehead atoms. The van der Waals surface area contributed by atoms with E-state index in [1.165, 1.54) is 0 Å². The highest BCUT2D eigenvalue weighted by Crippen LogP contribution is 2.29. The van der Waals surface area contributed by atoms with Gasteiger partial charge in [0.05, 0.1) is 10.4 Å². The molecule has 25 heavy (non-hydrogen) atoms. The third kappa shape index (κ3) is 3.14. The zero-order valence-corrected chi connectivity index (χ0v) is 14.2. The number of hydrogen-bond donors (Lipinski definition) is 1. The maximum Gasteiger partial charge on any atom is 0.251 e. The molecule has 0 atom stereocenters. The summed E-state index contributed by atoms with van der Waals surface area (Å²) in [5.74, 6) is -0.160. The molecule has 3 heterocycles. The Labute approximate surface area is 147 Å². The SMILES string of the molecule is Cc1nc(-c2noc3ccc(C(=O)NCc4cccnc4)cc23)cs1. The van der Waals surface area contributed by atoms with Crippen molar-refractivity contribution in [2.24, 2.45) is 0 Å². The molecule has 0 aliphatic rings. The van der Waals surface area contributed by atoms with Crippen LogP contribution in [0.5, 0.6) is 0 Å². The Morgan fingerprint density at radius 3 is 3.00 bits per heavy atom. The van der Waals surface area contributed by atoms with E-state index in [1.807, 2.05) is 24.4 Å². The second kappa shape index (κ2) is 6.45. The molecular weight excluding hydrogens is 336 g/mol. The summed E-state index contributed by atoms with van der Waals surface area (Å²) >= 11 is 1.55. The van der Waals surface area contributed by atoms with Crippen molar-refractivity contribution in [2.75, 3.05) is 0 Å². The number of pyridine rings is 1. The van der Waals surface area contributed by atoms with Crippen LogP contribution in [0.15, 0.2) is 52.6 Å². The van der Waals surface area contributed by atoms with Gasteiger partial charge in [-0.3, -0.25) is 9.78 Å². The quantitative estimate of drug-likeness (QED) is 0.608. The maximum atomic E-state index is 12.4. The van der Waals surface area contributed by atoms with Gasteiger partial charge in [0.25, 0.3) is 5.91 Å². The molecule has 0 unspecified atom stereocenters. The summed E-state index contributed by atoms with van der Waals surface area (Å²) in [5.41, 5.74) is 3.54. The van der Waals surface area contributed by atoms with Gasteiger partial charge in [0, 0.05) is 29.9 Å². The first-order valence-corrected chi connectivity index (χ1v) is 8.58. The predicted octanol–water partition coefficient (Wildman–Crippen LogP) is 3.58. The molecule has 1 amide bonds. The van der Waals surface area contributed by atoms with E-state index in [-0.39, 0.29) is 5.91 Å². The fourth-order valence-electron chi connectivity index (χ4n) is 2.52. The number of nitrogens with zero attached hydrogens (tertiary/aromatic N) is 3. The van der Waals surface area contributed by atoms with E-state index in [4.69, 9.17) is 4.52 Å². The number of carbonyl (C=O) groups is 1. The predicted molar refractivity (Wildman–Crippen MR) is 95.3 cm³/mol. The number of aryl methyl sites for hydroxylation is 1. The molecule has 6 nitrogen and oxygen atoms in total. The lowest BCUT2D eigenvalue weighted by Crippen LogP contribution is -2.22. The van der Waals surface area contributed by atoms with E-state index < -0.39 is 0 Å². The minimum absolute atomic E-state index is 0.160. The Balaban J connectivity index is 1.61. The average Bonchev–Trinajstić information content (AvgIpc) is 3.25. The largest absolute Gasteiger partial charge is 0.356 e.